The van der Waals surface area contributed by atoms with Gasteiger partial charge >= 0.3 is 0 Å². The van der Waals surface area contributed by atoms with E-state index in [1.165, 1.54) is 11.1 Å². The van der Waals surface area contributed by atoms with Gasteiger partial charge in [0.05, 0.1) is 6.04 Å². The standard InChI is InChI=1S/C22H24FN/c1-22(2,3)15-9-7-14(8-10-15)21-18-6-4-5-17(18)19-13-16(23)11-12-20(19)24-21/h4-5,7-13,17-18,21,24H,6H2,1-3H3/t17-,18+,21-/m0/s1. The minimum Gasteiger partial charge on any atom is -0.378 e. The Bertz CT molecular complexity index is 783. The molecular formula is C22H24FN. The van der Waals surface area contributed by atoms with Gasteiger partial charge in [0.2, 0.25) is 0 Å². The number of allylic oxidation sites excluding steroid dienone is 2. The molecule has 124 valence electrons. The number of anilines is 1. The lowest BCUT2D eigenvalue weighted by Gasteiger charge is -2.37. The predicted octanol–water partition coefficient (Wildman–Crippen LogP) is 5.95. The molecule has 2 heteroatoms. The number of hydrogen-bond donors (Lipinski definition) is 1. The average molecular weight is 321 g/mol. The van der Waals surface area contributed by atoms with Gasteiger partial charge in [0.25, 0.3) is 0 Å². The van der Waals surface area contributed by atoms with Gasteiger partial charge in [-0.1, -0.05) is 57.2 Å². The summed E-state index contributed by atoms with van der Waals surface area (Å²) in [6.07, 6.45) is 5.53. The van der Waals surface area contributed by atoms with E-state index in [1.54, 1.807) is 12.1 Å². The van der Waals surface area contributed by atoms with Crippen LogP contribution in [0.15, 0.2) is 54.6 Å². The van der Waals surface area contributed by atoms with Gasteiger partial charge in [0, 0.05) is 11.6 Å². The van der Waals surface area contributed by atoms with E-state index in [0.29, 0.717) is 11.8 Å². The summed E-state index contributed by atoms with van der Waals surface area (Å²) in [7, 11) is 0. The third-order valence-electron chi connectivity index (χ3n) is 5.46. The first-order valence-corrected chi connectivity index (χ1v) is 8.76. The van der Waals surface area contributed by atoms with Crippen molar-refractivity contribution < 1.29 is 4.39 Å². The molecule has 1 aliphatic carbocycles. The van der Waals surface area contributed by atoms with Crippen LogP contribution < -0.4 is 5.32 Å². The Kier molecular flexibility index (Phi) is 3.52. The fourth-order valence-electron chi connectivity index (χ4n) is 4.09. The first-order chi connectivity index (χ1) is 11.4. The van der Waals surface area contributed by atoms with E-state index in [2.05, 4.69) is 62.5 Å². The first-order valence-electron chi connectivity index (χ1n) is 8.76. The number of benzene rings is 2. The maximum atomic E-state index is 13.7. The Labute approximate surface area is 143 Å². The lowest BCUT2D eigenvalue weighted by atomic mass is 9.76. The molecule has 2 aromatic carbocycles. The molecule has 1 N–H and O–H groups in total. The zero-order chi connectivity index (χ0) is 16.9. The van der Waals surface area contributed by atoms with E-state index in [4.69, 9.17) is 0 Å². The third kappa shape index (κ3) is 2.54. The van der Waals surface area contributed by atoms with Gasteiger partial charge in [-0.25, -0.2) is 4.39 Å². The summed E-state index contributed by atoms with van der Waals surface area (Å²) in [4.78, 5) is 0. The molecule has 2 aliphatic rings. The summed E-state index contributed by atoms with van der Waals surface area (Å²) in [6.45, 7) is 6.72. The van der Waals surface area contributed by atoms with E-state index in [1.807, 2.05) is 6.07 Å². The highest BCUT2D eigenvalue weighted by Crippen LogP contribution is 2.49. The van der Waals surface area contributed by atoms with Crippen molar-refractivity contribution in [2.45, 2.75) is 44.6 Å². The molecule has 2 aromatic rings. The van der Waals surface area contributed by atoms with Crippen molar-refractivity contribution in [3.8, 4) is 0 Å². The highest BCUT2D eigenvalue weighted by Gasteiger charge is 2.38. The lowest BCUT2D eigenvalue weighted by molar-refractivity contribution is 0.424. The van der Waals surface area contributed by atoms with Gasteiger partial charge in [-0.15, -0.1) is 0 Å². The largest absolute Gasteiger partial charge is 0.378 e. The fraction of sp³-hybridized carbons (Fsp3) is 0.364. The number of rotatable bonds is 1. The van der Waals surface area contributed by atoms with E-state index in [9.17, 15) is 4.39 Å². The predicted molar refractivity (Wildman–Crippen MR) is 97.9 cm³/mol. The number of halogens is 1. The van der Waals surface area contributed by atoms with Crippen LogP contribution in [0.4, 0.5) is 10.1 Å². The minimum atomic E-state index is -0.150. The molecule has 1 heterocycles. The molecule has 0 unspecified atom stereocenters. The van der Waals surface area contributed by atoms with Crippen LogP contribution in [0.3, 0.4) is 0 Å². The Hall–Kier alpha value is -2.09. The maximum Gasteiger partial charge on any atom is 0.123 e. The van der Waals surface area contributed by atoms with Gasteiger partial charge in [-0.2, -0.15) is 0 Å². The van der Waals surface area contributed by atoms with E-state index >= 15 is 0 Å². The smallest absolute Gasteiger partial charge is 0.123 e. The summed E-state index contributed by atoms with van der Waals surface area (Å²) in [6, 6.07) is 14.4. The Balaban J connectivity index is 1.71. The molecule has 0 radical (unpaired) electrons. The molecule has 1 nitrogen and oxygen atoms in total. The first kappa shape index (κ1) is 15.4. The Morgan fingerprint density at radius 3 is 2.50 bits per heavy atom. The molecule has 1 aliphatic heterocycles. The zero-order valence-corrected chi connectivity index (χ0v) is 14.5. The van der Waals surface area contributed by atoms with Crippen LogP contribution >= 0.6 is 0 Å². The average Bonchev–Trinajstić information content (AvgIpc) is 3.03. The molecule has 4 rings (SSSR count). The van der Waals surface area contributed by atoms with Gasteiger partial charge in [0.15, 0.2) is 0 Å². The number of hydrogen-bond acceptors (Lipinski definition) is 1. The van der Waals surface area contributed by atoms with Gasteiger partial charge in [-0.3, -0.25) is 0 Å². The summed E-state index contributed by atoms with van der Waals surface area (Å²) < 4.78 is 13.7. The summed E-state index contributed by atoms with van der Waals surface area (Å²) in [5.41, 5.74) is 4.99. The van der Waals surface area contributed by atoms with Crippen molar-refractivity contribution in [2.24, 2.45) is 5.92 Å². The van der Waals surface area contributed by atoms with Crippen molar-refractivity contribution >= 4 is 5.69 Å². The second-order valence-electron chi connectivity index (χ2n) is 8.08. The van der Waals surface area contributed by atoms with Crippen molar-refractivity contribution in [1.82, 2.24) is 0 Å². The lowest BCUT2D eigenvalue weighted by Crippen LogP contribution is -2.29. The molecule has 0 aromatic heterocycles. The molecule has 0 spiro atoms. The van der Waals surface area contributed by atoms with Crippen molar-refractivity contribution in [1.29, 1.82) is 0 Å². The molecular weight excluding hydrogens is 297 g/mol. The second-order valence-corrected chi connectivity index (χ2v) is 8.08. The minimum absolute atomic E-state index is 0.150. The second kappa shape index (κ2) is 5.47. The van der Waals surface area contributed by atoms with Crippen LogP contribution in [0.5, 0.6) is 0 Å². The monoisotopic (exact) mass is 321 g/mol. The number of fused-ring (bicyclic) bond motifs is 3. The van der Waals surface area contributed by atoms with Crippen LogP contribution in [0.25, 0.3) is 0 Å². The summed E-state index contributed by atoms with van der Waals surface area (Å²) >= 11 is 0. The summed E-state index contributed by atoms with van der Waals surface area (Å²) in [5.74, 6) is 0.617. The van der Waals surface area contributed by atoms with E-state index < -0.39 is 0 Å². The topological polar surface area (TPSA) is 12.0 Å². The normalized spacial score (nSPS) is 25.1. The third-order valence-corrected chi connectivity index (χ3v) is 5.46. The SMILES string of the molecule is CC(C)(C)c1ccc([C@@H]2Nc3ccc(F)cc3[C@H]3C=CC[C@H]32)cc1. The molecule has 0 saturated carbocycles. The maximum absolute atomic E-state index is 13.7. The molecule has 24 heavy (non-hydrogen) atoms. The Morgan fingerprint density at radius 2 is 1.79 bits per heavy atom. The van der Waals surface area contributed by atoms with E-state index in [0.717, 1.165) is 17.7 Å². The van der Waals surface area contributed by atoms with Crippen LogP contribution in [0.1, 0.15) is 55.8 Å². The molecule has 0 amide bonds. The zero-order valence-electron chi connectivity index (χ0n) is 14.5. The molecule has 3 atom stereocenters. The quantitative estimate of drug-likeness (QED) is 0.640. The highest BCUT2D eigenvalue weighted by atomic mass is 19.1. The summed E-state index contributed by atoms with van der Waals surface area (Å²) in [5, 5.41) is 3.66. The molecule has 0 bridgehead atoms. The highest BCUT2D eigenvalue weighted by molar-refractivity contribution is 5.59. The van der Waals surface area contributed by atoms with Crippen LogP contribution in [-0.4, -0.2) is 0 Å². The van der Waals surface area contributed by atoms with Crippen LogP contribution in [0.2, 0.25) is 0 Å². The van der Waals surface area contributed by atoms with Gasteiger partial charge < -0.3 is 5.32 Å². The number of nitrogens with one attached hydrogen (secondary N) is 1. The fourth-order valence-corrected chi connectivity index (χ4v) is 4.09. The Morgan fingerprint density at radius 1 is 1.04 bits per heavy atom. The van der Waals surface area contributed by atoms with Crippen LogP contribution in [-0.2, 0) is 5.41 Å². The van der Waals surface area contributed by atoms with Gasteiger partial charge in [-0.05, 0) is 52.6 Å². The van der Waals surface area contributed by atoms with Crippen molar-refractivity contribution in [3.63, 3.8) is 0 Å². The van der Waals surface area contributed by atoms with Crippen LogP contribution in [0, 0.1) is 11.7 Å². The van der Waals surface area contributed by atoms with Gasteiger partial charge in [0.1, 0.15) is 5.82 Å². The van der Waals surface area contributed by atoms with E-state index in [-0.39, 0.29) is 17.3 Å². The van der Waals surface area contributed by atoms with Crippen molar-refractivity contribution in [2.75, 3.05) is 5.32 Å². The molecule has 0 saturated heterocycles. The van der Waals surface area contributed by atoms with Crippen molar-refractivity contribution in [3.05, 3.63) is 77.1 Å². The molecule has 0 fully saturated rings.